The lowest BCUT2D eigenvalue weighted by Crippen LogP contribution is -2.27. The number of anilines is 1. The van der Waals surface area contributed by atoms with Crippen LogP contribution in [0.2, 0.25) is 10.0 Å². The molecular weight excluding hydrogens is 395 g/mol. The van der Waals surface area contributed by atoms with Gasteiger partial charge in [-0.3, -0.25) is 9.10 Å². The monoisotopic (exact) mass is 414 g/mol. The van der Waals surface area contributed by atoms with Crippen molar-refractivity contribution < 1.29 is 13.2 Å². The molecule has 0 saturated heterocycles. The first kappa shape index (κ1) is 20.6. The molecule has 0 unspecified atom stereocenters. The molecule has 0 heterocycles. The maximum Gasteiger partial charge on any atom is 0.252 e. The SMILES string of the molecule is CN(c1ccc(Cl)c(C(=O)NCCCc2ccc(Cl)cc2)c1)S(C)(=O)=O. The maximum atomic E-state index is 12.4. The highest BCUT2D eigenvalue weighted by Gasteiger charge is 2.16. The van der Waals surface area contributed by atoms with Crippen molar-refractivity contribution >= 4 is 44.8 Å². The van der Waals surface area contributed by atoms with Gasteiger partial charge in [0.25, 0.3) is 5.91 Å². The Labute approximate surface area is 164 Å². The van der Waals surface area contributed by atoms with E-state index < -0.39 is 10.0 Å². The number of carbonyl (C=O) groups is 1. The summed E-state index contributed by atoms with van der Waals surface area (Å²) in [5.41, 5.74) is 1.76. The molecule has 1 amide bonds. The van der Waals surface area contributed by atoms with Crippen molar-refractivity contribution in [3.63, 3.8) is 0 Å². The number of sulfonamides is 1. The highest BCUT2D eigenvalue weighted by Crippen LogP contribution is 2.24. The van der Waals surface area contributed by atoms with Gasteiger partial charge in [-0.1, -0.05) is 35.3 Å². The van der Waals surface area contributed by atoms with Gasteiger partial charge in [0.05, 0.1) is 22.5 Å². The van der Waals surface area contributed by atoms with Crippen LogP contribution in [0.4, 0.5) is 5.69 Å². The average Bonchev–Trinajstić information content (AvgIpc) is 2.59. The predicted octanol–water partition coefficient (Wildman–Crippen LogP) is 3.75. The first-order valence-electron chi connectivity index (χ1n) is 7.94. The van der Waals surface area contributed by atoms with E-state index in [0.717, 1.165) is 29.0 Å². The number of rotatable bonds is 7. The van der Waals surface area contributed by atoms with Crippen LogP contribution in [0.15, 0.2) is 42.5 Å². The van der Waals surface area contributed by atoms with E-state index in [0.29, 0.717) is 17.3 Å². The third kappa shape index (κ3) is 5.62. The van der Waals surface area contributed by atoms with E-state index in [9.17, 15) is 13.2 Å². The van der Waals surface area contributed by atoms with Gasteiger partial charge in [-0.15, -0.1) is 0 Å². The van der Waals surface area contributed by atoms with Crippen LogP contribution in [0, 0.1) is 0 Å². The molecule has 0 aliphatic carbocycles. The lowest BCUT2D eigenvalue weighted by molar-refractivity contribution is 0.0953. The number of benzene rings is 2. The molecule has 140 valence electrons. The first-order valence-corrected chi connectivity index (χ1v) is 10.5. The molecule has 2 rings (SSSR count). The predicted molar refractivity (Wildman–Crippen MR) is 107 cm³/mol. The summed E-state index contributed by atoms with van der Waals surface area (Å²) in [4.78, 5) is 12.4. The van der Waals surface area contributed by atoms with Crippen molar-refractivity contribution in [1.82, 2.24) is 5.32 Å². The molecular formula is C18H20Cl2N2O3S. The second-order valence-electron chi connectivity index (χ2n) is 5.88. The van der Waals surface area contributed by atoms with Crippen molar-refractivity contribution in [3.8, 4) is 0 Å². The molecule has 0 aliphatic rings. The van der Waals surface area contributed by atoms with Crippen molar-refractivity contribution in [2.75, 3.05) is 24.2 Å². The Balaban J connectivity index is 1.97. The summed E-state index contributed by atoms with van der Waals surface area (Å²) in [6.45, 7) is 0.476. The standard InChI is InChI=1S/C18H20Cl2N2O3S/c1-22(26(2,24)25)15-9-10-17(20)16(12-15)18(23)21-11-3-4-13-5-7-14(19)8-6-13/h5-10,12H,3-4,11H2,1-2H3,(H,21,23). The van der Waals surface area contributed by atoms with Gasteiger partial charge in [0.1, 0.15) is 0 Å². The number of nitrogens with zero attached hydrogens (tertiary/aromatic N) is 1. The summed E-state index contributed by atoms with van der Waals surface area (Å²) in [7, 11) is -1.99. The highest BCUT2D eigenvalue weighted by atomic mass is 35.5. The fourth-order valence-corrected chi connectivity index (χ4v) is 3.14. The van der Waals surface area contributed by atoms with Gasteiger partial charge in [0, 0.05) is 18.6 Å². The van der Waals surface area contributed by atoms with Crippen LogP contribution >= 0.6 is 23.2 Å². The number of amides is 1. The Hall–Kier alpha value is -1.76. The molecule has 0 spiro atoms. The molecule has 0 saturated carbocycles. The summed E-state index contributed by atoms with van der Waals surface area (Å²) in [5, 5.41) is 3.77. The smallest absolute Gasteiger partial charge is 0.252 e. The van der Waals surface area contributed by atoms with Crippen LogP contribution < -0.4 is 9.62 Å². The van der Waals surface area contributed by atoms with E-state index in [1.54, 1.807) is 6.07 Å². The Morgan fingerprint density at radius 2 is 1.77 bits per heavy atom. The molecule has 26 heavy (non-hydrogen) atoms. The van der Waals surface area contributed by atoms with Crippen molar-refractivity contribution in [3.05, 3.63) is 63.6 Å². The van der Waals surface area contributed by atoms with Gasteiger partial charge >= 0.3 is 0 Å². The van der Waals surface area contributed by atoms with Crippen molar-refractivity contribution in [1.29, 1.82) is 0 Å². The quantitative estimate of drug-likeness (QED) is 0.701. The lowest BCUT2D eigenvalue weighted by atomic mass is 10.1. The number of nitrogens with one attached hydrogen (secondary N) is 1. The minimum atomic E-state index is -3.42. The Kier molecular flexibility index (Phi) is 6.92. The van der Waals surface area contributed by atoms with Gasteiger partial charge in [-0.25, -0.2) is 8.42 Å². The van der Waals surface area contributed by atoms with Gasteiger partial charge < -0.3 is 5.32 Å². The van der Waals surface area contributed by atoms with Crippen LogP contribution in [0.1, 0.15) is 22.3 Å². The van der Waals surface area contributed by atoms with Gasteiger partial charge in [-0.05, 0) is 48.7 Å². The van der Waals surface area contributed by atoms with Gasteiger partial charge in [0.2, 0.25) is 10.0 Å². The minimum absolute atomic E-state index is 0.242. The number of halogens is 2. The molecule has 2 aromatic carbocycles. The average molecular weight is 415 g/mol. The van der Waals surface area contributed by atoms with E-state index in [1.165, 1.54) is 19.2 Å². The Morgan fingerprint density at radius 3 is 2.38 bits per heavy atom. The Bertz CT molecular complexity index is 884. The maximum absolute atomic E-state index is 12.4. The molecule has 2 aromatic rings. The number of hydrogen-bond donors (Lipinski definition) is 1. The summed E-state index contributed by atoms with van der Waals surface area (Å²) >= 11 is 11.9. The van der Waals surface area contributed by atoms with Gasteiger partial charge in [0.15, 0.2) is 0 Å². The van der Waals surface area contributed by atoms with E-state index in [2.05, 4.69) is 5.32 Å². The summed E-state index contributed by atoms with van der Waals surface area (Å²) in [5.74, 6) is -0.338. The molecule has 8 heteroatoms. The second kappa shape index (κ2) is 8.75. The van der Waals surface area contributed by atoms with Crippen LogP contribution in [0.25, 0.3) is 0 Å². The highest BCUT2D eigenvalue weighted by molar-refractivity contribution is 7.92. The van der Waals surface area contributed by atoms with Crippen LogP contribution in [-0.2, 0) is 16.4 Å². The third-order valence-corrected chi connectivity index (χ3v) is 5.68. The van der Waals surface area contributed by atoms with E-state index in [4.69, 9.17) is 23.2 Å². The van der Waals surface area contributed by atoms with Crippen LogP contribution in [-0.4, -0.2) is 34.2 Å². The molecule has 0 aromatic heterocycles. The summed E-state index contributed by atoms with van der Waals surface area (Å²) < 4.78 is 24.4. The molecule has 0 aliphatic heterocycles. The molecule has 1 N–H and O–H groups in total. The Morgan fingerprint density at radius 1 is 1.12 bits per heavy atom. The first-order chi connectivity index (χ1) is 12.2. The van der Waals surface area contributed by atoms with Crippen molar-refractivity contribution in [2.24, 2.45) is 0 Å². The zero-order chi connectivity index (χ0) is 19.3. The molecule has 0 atom stereocenters. The normalized spacial score (nSPS) is 11.2. The van der Waals surface area contributed by atoms with E-state index in [1.807, 2.05) is 24.3 Å². The zero-order valence-corrected chi connectivity index (χ0v) is 16.8. The van der Waals surface area contributed by atoms with Gasteiger partial charge in [-0.2, -0.15) is 0 Å². The summed E-state index contributed by atoms with van der Waals surface area (Å²) in [6, 6.07) is 12.1. The minimum Gasteiger partial charge on any atom is -0.352 e. The molecule has 0 fully saturated rings. The third-order valence-electron chi connectivity index (χ3n) is 3.90. The largest absolute Gasteiger partial charge is 0.352 e. The fraction of sp³-hybridized carbons (Fsp3) is 0.278. The topological polar surface area (TPSA) is 66.5 Å². The second-order valence-corrected chi connectivity index (χ2v) is 8.74. The van der Waals surface area contributed by atoms with Crippen molar-refractivity contribution in [2.45, 2.75) is 12.8 Å². The molecule has 0 bridgehead atoms. The summed E-state index contributed by atoms with van der Waals surface area (Å²) in [6.07, 6.45) is 2.66. The van der Waals surface area contributed by atoms with E-state index in [-0.39, 0.29) is 16.5 Å². The zero-order valence-electron chi connectivity index (χ0n) is 14.5. The van der Waals surface area contributed by atoms with Crippen LogP contribution in [0.5, 0.6) is 0 Å². The van der Waals surface area contributed by atoms with E-state index >= 15 is 0 Å². The fourth-order valence-electron chi connectivity index (χ4n) is 2.32. The molecule has 0 radical (unpaired) electrons. The number of carbonyl (C=O) groups excluding carboxylic acids is 1. The molecule has 5 nitrogen and oxygen atoms in total. The van der Waals surface area contributed by atoms with Crippen LogP contribution in [0.3, 0.4) is 0 Å². The number of aryl methyl sites for hydroxylation is 1. The number of hydrogen-bond acceptors (Lipinski definition) is 3. The lowest BCUT2D eigenvalue weighted by Gasteiger charge is -2.18.